The number of aryl methyl sites for hydroxylation is 1. The second-order valence-corrected chi connectivity index (χ2v) is 5.40. The molecule has 2 atom stereocenters. The molecule has 15 heavy (non-hydrogen) atoms. The normalized spacial score (nSPS) is 23.3. The Morgan fingerprint density at radius 1 is 1.80 bits per heavy atom. The minimum absolute atomic E-state index is 0.0370. The molecule has 0 saturated carbocycles. The van der Waals surface area contributed by atoms with Crippen molar-refractivity contribution in [2.75, 3.05) is 11.5 Å². The summed E-state index contributed by atoms with van der Waals surface area (Å²) in [7, 11) is 0. The van der Waals surface area contributed by atoms with Gasteiger partial charge in [-0.2, -0.15) is 16.9 Å². The molecule has 84 valence electrons. The summed E-state index contributed by atoms with van der Waals surface area (Å²) in [5, 5.41) is 4.93. The first-order valence-corrected chi connectivity index (χ1v) is 6.81. The molecule has 0 aliphatic carbocycles. The molecule has 1 aromatic rings. The van der Waals surface area contributed by atoms with Crippen LogP contribution < -0.4 is 5.73 Å². The summed E-state index contributed by atoms with van der Waals surface area (Å²) in [6, 6.07) is 0.0370. The van der Waals surface area contributed by atoms with E-state index < -0.39 is 0 Å². The number of hydrogen-bond acceptors (Lipinski definition) is 3. The van der Waals surface area contributed by atoms with Crippen molar-refractivity contribution >= 4 is 23.4 Å². The molecule has 2 unspecified atom stereocenters. The van der Waals surface area contributed by atoms with Crippen LogP contribution in [0.3, 0.4) is 0 Å². The highest BCUT2D eigenvalue weighted by atomic mass is 35.5. The Bertz CT molecular complexity index is 333. The van der Waals surface area contributed by atoms with Gasteiger partial charge in [0.2, 0.25) is 0 Å². The molecule has 0 radical (unpaired) electrons. The molecule has 0 bridgehead atoms. The van der Waals surface area contributed by atoms with Crippen LogP contribution in [0.1, 0.15) is 25.1 Å². The quantitative estimate of drug-likeness (QED) is 0.889. The van der Waals surface area contributed by atoms with E-state index in [2.05, 4.69) is 12.0 Å². The SMILES string of the molecule is CCn1ncc(Cl)c1C(N)C1CCSC1. The lowest BCUT2D eigenvalue weighted by Crippen LogP contribution is -2.24. The van der Waals surface area contributed by atoms with E-state index in [9.17, 15) is 0 Å². The molecule has 0 amide bonds. The van der Waals surface area contributed by atoms with Gasteiger partial charge >= 0.3 is 0 Å². The van der Waals surface area contributed by atoms with Crippen LogP contribution in [0.2, 0.25) is 5.02 Å². The summed E-state index contributed by atoms with van der Waals surface area (Å²) >= 11 is 8.10. The first-order chi connectivity index (χ1) is 7.24. The monoisotopic (exact) mass is 245 g/mol. The number of rotatable bonds is 3. The number of aromatic nitrogens is 2. The van der Waals surface area contributed by atoms with Crippen molar-refractivity contribution in [1.29, 1.82) is 0 Å². The van der Waals surface area contributed by atoms with Gasteiger partial charge in [-0.25, -0.2) is 0 Å². The van der Waals surface area contributed by atoms with Gasteiger partial charge in [0.1, 0.15) is 0 Å². The van der Waals surface area contributed by atoms with Crippen LogP contribution in [0.15, 0.2) is 6.20 Å². The van der Waals surface area contributed by atoms with E-state index in [1.54, 1.807) is 6.20 Å². The Kier molecular flexibility index (Phi) is 3.59. The molecule has 2 N–H and O–H groups in total. The second kappa shape index (κ2) is 4.76. The van der Waals surface area contributed by atoms with E-state index in [0.29, 0.717) is 10.9 Å². The number of hydrogen-bond donors (Lipinski definition) is 1. The Labute approximate surface area is 99.4 Å². The largest absolute Gasteiger partial charge is 0.322 e. The standard InChI is InChI=1S/C10H16ClN3S/c1-2-14-10(8(11)5-13-14)9(12)7-3-4-15-6-7/h5,7,9H,2-4,6,12H2,1H3. The van der Waals surface area contributed by atoms with E-state index in [-0.39, 0.29) is 6.04 Å². The smallest absolute Gasteiger partial charge is 0.0834 e. The Morgan fingerprint density at radius 2 is 2.60 bits per heavy atom. The lowest BCUT2D eigenvalue weighted by Gasteiger charge is -2.19. The van der Waals surface area contributed by atoms with Crippen LogP contribution in [0.5, 0.6) is 0 Å². The van der Waals surface area contributed by atoms with Gasteiger partial charge in [0.05, 0.1) is 23.0 Å². The van der Waals surface area contributed by atoms with Gasteiger partial charge in [-0.15, -0.1) is 0 Å². The fourth-order valence-corrected chi connectivity index (χ4v) is 3.59. The van der Waals surface area contributed by atoms with Gasteiger partial charge in [-0.3, -0.25) is 4.68 Å². The predicted molar refractivity (Wildman–Crippen MR) is 65.3 cm³/mol. The van der Waals surface area contributed by atoms with Gasteiger partial charge in [-0.05, 0) is 30.8 Å². The van der Waals surface area contributed by atoms with E-state index in [4.69, 9.17) is 17.3 Å². The van der Waals surface area contributed by atoms with Crippen LogP contribution in [0, 0.1) is 5.92 Å². The van der Waals surface area contributed by atoms with Crippen LogP contribution >= 0.6 is 23.4 Å². The molecular weight excluding hydrogens is 230 g/mol. The molecule has 1 saturated heterocycles. The molecule has 3 nitrogen and oxygen atoms in total. The lowest BCUT2D eigenvalue weighted by atomic mass is 9.97. The van der Waals surface area contributed by atoms with E-state index in [0.717, 1.165) is 18.0 Å². The zero-order valence-corrected chi connectivity index (χ0v) is 10.4. The second-order valence-electron chi connectivity index (χ2n) is 3.84. The molecule has 5 heteroatoms. The molecule has 1 aliphatic heterocycles. The summed E-state index contributed by atoms with van der Waals surface area (Å²) in [6.45, 7) is 2.89. The molecule has 2 heterocycles. The molecule has 0 spiro atoms. The van der Waals surface area contributed by atoms with Gasteiger partial charge in [0, 0.05) is 6.54 Å². The highest BCUT2D eigenvalue weighted by molar-refractivity contribution is 7.99. The van der Waals surface area contributed by atoms with Crippen molar-refractivity contribution < 1.29 is 0 Å². The maximum absolute atomic E-state index is 6.26. The van der Waals surface area contributed by atoms with Crippen molar-refractivity contribution in [3.8, 4) is 0 Å². The lowest BCUT2D eigenvalue weighted by molar-refractivity contribution is 0.445. The fraction of sp³-hybridized carbons (Fsp3) is 0.700. The Balaban J connectivity index is 2.22. The predicted octanol–water partition coefficient (Wildman–Crippen LogP) is 2.31. The molecule has 0 aromatic carbocycles. The van der Waals surface area contributed by atoms with Gasteiger partial charge in [-0.1, -0.05) is 11.6 Å². The van der Waals surface area contributed by atoms with Crippen molar-refractivity contribution in [2.24, 2.45) is 11.7 Å². The number of thioether (sulfide) groups is 1. The topological polar surface area (TPSA) is 43.8 Å². The van der Waals surface area contributed by atoms with E-state index >= 15 is 0 Å². The third-order valence-electron chi connectivity index (χ3n) is 2.92. The first-order valence-electron chi connectivity index (χ1n) is 5.28. The van der Waals surface area contributed by atoms with Gasteiger partial charge in [0.25, 0.3) is 0 Å². The average molecular weight is 246 g/mol. The maximum atomic E-state index is 6.26. The van der Waals surface area contributed by atoms with E-state index in [1.807, 2.05) is 16.4 Å². The van der Waals surface area contributed by atoms with Crippen LogP contribution in [0.4, 0.5) is 0 Å². The number of halogens is 1. The summed E-state index contributed by atoms with van der Waals surface area (Å²) in [6.07, 6.45) is 2.89. The summed E-state index contributed by atoms with van der Waals surface area (Å²) < 4.78 is 1.91. The summed E-state index contributed by atoms with van der Waals surface area (Å²) in [5.74, 6) is 2.91. The fourth-order valence-electron chi connectivity index (χ4n) is 2.01. The molecule has 1 aromatic heterocycles. The van der Waals surface area contributed by atoms with Gasteiger partial charge in [0.15, 0.2) is 0 Å². The average Bonchev–Trinajstić information content (AvgIpc) is 2.85. The van der Waals surface area contributed by atoms with E-state index in [1.165, 1.54) is 12.2 Å². The van der Waals surface area contributed by atoms with Crippen LogP contribution in [0.25, 0.3) is 0 Å². The zero-order valence-electron chi connectivity index (χ0n) is 8.82. The van der Waals surface area contributed by atoms with Crippen LogP contribution in [-0.2, 0) is 6.54 Å². The Morgan fingerprint density at radius 3 is 3.20 bits per heavy atom. The molecule has 1 fully saturated rings. The minimum Gasteiger partial charge on any atom is -0.322 e. The molecular formula is C10H16ClN3S. The summed E-state index contributed by atoms with van der Waals surface area (Å²) in [5.41, 5.74) is 7.27. The number of nitrogens with two attached hydrogens (primary N) is 1. The minimum atomic E-state index is 0.0370. The third kappa shape index (κ3) is 2.17. The molecule has 2 rings (SSSR count). The van der Waals surface area contributed by atoms with Crippen LogP contribution in [-0.4, -0.2) is 21.3 Å². The van der Waals surface area contributed by atoms with Crippen molar-refractivity contribution in [3.63, 3.8) is 0 Å². The van der Waals surface area contributed by atoms with Crippen molar-refractivity contribution in [3.05, 3.63) is 16.9 Å². The van der Waals surface area contributed by atoms with Gasteiger partial charge < -0.3 is 5.73 Å². The highest BCUT2D eigenvalue weighted by Crippen LogP contribution is 2.35. The summed E-state index contributed by atoms with van der Waals surface area (Å²) in [4.78, 5) is 0. The third-order valence-corrected chi connectivity index (χ3v) is 4.40. The zero-order chi connectivity index (χ0) is 10.8. The maximum Gasteiger partial charge on any atom is 0.0834 e. The highest BCUT2D eigenvalue weighted by Gasteiger charge is 2.27. The Hall–Kier alpha value is -0.190. The molecule has 1 aliphatic rings. The number of nitrogens with zero attached hydrogens (tertiary/aromatic N) is 2. The van der Waals surface area contributed by atoms with Crippen molar-refractivity contribution in [1.82, 2.24) is 9.78 Å². The van der Waals surface area contributed by atoms with Crippen molar-refractivity contribution in [2.45, 2.75) is 25.9 Å². The first kappa shape index (κ1) is 11.3.